The van der Waals surface area contributed by atoms with Gasteiger partial charge in [0, 0.05) is 60.4 Å². The third kappa shape index (κ3) is 4.55. The van der Waals surface area contributed by atoms with Crippen molar-refractivity contribution in [1.29, 1.82) is 0 Å². The molecule has 1 fully saturated rings. The van der Waals surface area contributed by atoms with Gasteiger partial charge >= 0.3 is 0 Å². The Hall–Kier alpha value is -3.51. The van der Waals surface area contributed by atoms with Crippen molar-refractivity contribution in [3.63, 3.8) is 0 Å². The predicted molar refractivity (Wildman–Crippen MR) is 149 cm³/mol. The van der Waals surface area contributed by atoms with Crippen LogP contribution < -0.4 is 10.6 Å². The topological polar surface area (TPSA) is 79.4 Å². The monoisotopic (exact) mass is 511 g/mol. The average molecular weight is 512 g/mol. The summed E-state index contributed by atoms with van der Waals surface area (Å²) < 4.78 is 6.58. The lowest BCUT2D eigenvalue weighted by Gasteiger charge is -2.30. The highest BCUT2D eigenvalue weighted by atomic mass is 32.1. The Kier molecular flexibility index (Phi) is 6.29. The van der Waals surface area contributed by atoms with Crippen LogP contribution in [0.3, 0.4) is 0 Å². The van der Waals surface area contributed by atoms with Crippen LogP contribution in [0.5, 0.6) is 0 Å². The van der Waals surface area contributed by atoms with Crippen LogP contribution in [0.25, 0.3) is 32.2 Å². The van der Waals surface area contributed by atoms with E-state index in [9.17, 15) is 4.79 Å². The first-order valence-corrected chi connectivity index (χ1v) is 13.5. The van der Waals surface area contributed by atoms with E-state index in [-0.39, 0.29) is 11.9 Å². The third-order valence-electron chi connectivity index (χ3n) is 7.27. The van der Waals surface area contributed by atoms with Crippen molar-refractivity contribution < 1.29 is 9.53 Å². The highest BCUT2D eigenvalue weighted by Gasteiger charge is 2.25. The number of hydrogen-bond acceptors (Lipinski definition) is 7. The summed E-state index contributed by atoms with van der Waals surface area (Å²) in [5.74, 6) is 2.69. The smallest absolute Gasteiger partial charge is 0.263 e. The number of carbonyl (C=O) groups is 1. The lowest BCUT2D eigenvalue weighted by molar-refractivity contribution is 0.0385. The minimum absolute atomic E-state index is 0.0241. The number of methoxy groups -OCH3 is 1. The summed E-state index contributed by atoms with van der Waals surface area (Å²) in [5.41, 5.74) is 5.16. The lowest BCUT2D eigenvalue weighted by Crippen LogP contribution is -2.36. The number of aromatic nitrogens is 2. The number of pyridine rings is 2. The van der Waals surface area contributed by atoms with Gasteiger partial charge in [-0.05, 0) is 56.2 Å². The molecule has 3 aromatic heterocycles. The van der Waals surface area contributed by atoms with E-state index in [0.717, 1.165) is 81.0 Å². The molecule has 1 aromatic carbocycles. The van der Waals surface area contributed by atoms with Crippen molar-refractivity contribution in [1.82, 2.24) is 20.2 Å². The van der Waals surface area contributed by atoms with E-state index >= 15 is 0 Å². The molecule has 2 aliphatic rings. The van der Waals surface area contributed by atoms with Crippen molar-refractivity contribution in [3.8, 4) is 23.6 Å². The van der Waals surface area contributed by atoms with Gasteiger partial charge in [-0.1, -0.05) is 5.92 Å². The maximum Gasteiger partial charge on any atom is 0.263 e. The molecule has 1 atom stereocenters. The largest absolute Gasteiger partial charge is 0.381 e. The molecule has 2 N–H and O–H groups in total. The summed E-state index contributed by atoms with van der Waals surface area (Å²) in [7, 11) is 1.79. The zero-order valence-electron chi connectivity index (χ0n) is 21.0. The van der Waals surface area contributed by atoms with E-state index in [2.05, 4.69) is 39.7 Å². The van der Waals surface area contributed by atoms with Gasteiger partial charge in [0.1, 0.15) is 10.6 Å². The van der Waals surface area contributed by atoms with Crippen LogP contribution in [0.15, 0.2) is 36.4 Å². The van der Waals surface area contributed by atoms with Crippen molar-refractivity contribution in [3.05, 3.63) is 52.7 Å². The Morgan fingerprint density at radius 3 is 2.81 bits per heavy atom. The number of carbonyl (C=O) groups excluding carboxylic acids is 1. The molecule has 188 valence electrons. The molecule has 6 rings (SSSR count). The van der Waals surface area contributed by atoms with Crippen LogP contribution in [-0.4, -0.2) is 59.7 Å². The second-order valence-corrected chi connectivity index (χ2v) is 10.9. The zero-order chi connectivity index (χ0) is 25.5. The molecule has 5 heterocycles. The number of piperidine rings is 1. The van der Waals surface area contributed by atoms with Gasteiger partial charge in [0.25, 0.3) is 5.91 Å². The molecule has 0 radical (unpaired) electrons. The van der Waals surface area contributed by atoms with Gasteiger partial charge in [-0.3, -0.25) is 9.69 Å². The second kappa shape index (κ2) is 9.75. The van der Waals surface area contributed by atoms with E-state index in [1.54, 1.807) is 7.11 Å². The van der Waals surface area contributed by atoms with Crippen molar-refractivity contribution in [2.75, 3.05) is 32.1 Å². The number of ether oxygens (including phenoxy) is 1. The minimum Gasteiger partial charge on any atom is -0.381 e. The van der Waals surface area contributed by atoms with Crippen LogP contribution in [-0.2, 0) is 11.3 Å². The number of likely N-dealkylation sites (tertiary alicyclic amines) is 1. The molecule has 0 aliphatic carbocycles. The summed E-state index contributed by atoms with van der Waals surface area (Å²) in [4.78, 5) is 25.6. The Bertz CT molecular complexity index is 1550. The zero-order valence-corrected chi connectivity index (χ0v) is 21.8. The van der Waals surface area contributed by atoms with Gasteiger partial charge in [-0.25, -0.2) is 9.97 Å². The number of thiophene rings is 1. The summed E-state index contributed by atoms with van der Waals surface area (Å²) in [6.45, 7) is 5.40. The maximum atomic E-state index is 12.7. The van der Waals surface area contributed by atoms with E-state index in [4.69, 9.17) is 21.1 Å². The fraction of sp³-hybridized carbons (Fsp3) is 0.345. The lowest BCUT2D eigenvalue weighted by atomic mass is 10.0. The fourth-order valence-electron chi connectivity index (χ4n) is 5.31. The number of nitrogens with zero attached hydrogens (tertiary/aromatic N) is 3. The molecule has 4 aromatic rings. The number of amides is 1. The van der Waals surface area contributed by atoms with Gasteiger partial charge in [0.2, 0.25) is 0 Å². The molecule has 1 amide bonds. The average Bonchev–Trinajstić information content (AvgIpc) is 3.24. The van der Waals surface area contributed by atoms with Gasteiger partial charge < -0.3 is 15.4 Å². The molecule has 0 saturated carbocycles. The number of anilines is 1. The van der Waals surface area contributed by atoms with Crippen LogP contribution >= 0.6 is 11.3 Å². The Morgan fingerprint density at radius 1 is 1.19 bits per heavy atom. The molecule has 1 saturated heterocycles. The molecule has 7 nitrogen and oxygen atoms in total. The van der Waals surface area contributed by atoms with Gasteiger partial charge in [-0.2, -0.15) is 0 Å². The molecule has 8 heteroatoms. The van der Waals surface area contributed by atoms with Gasteiger partial charge in [-0.15, -0.1) is 17.8 Å². The first-order valence-electron chi connectivity index (χ1n) is 12.7. The normalized spacial score (nSPS) is 18.7. The fourth-order valence-corrected chi connectivity index (χ4v) is 6.41. The first-order chi connectivity index (χ1) is 18.0. The number of nitrogens with one attached hydrogen (secondary N) is 2. The summed E-state index contributed by atoms with van der Waals surface area (Å²) >= 11 is 1.52. The Labute approximate surface area is 220 Å². The summed E-state index contributed by atoms with van der Waals surface area (Å²) in [5, 5.41) is 8.62. The van der Waals surface area contributed by atoms with Crippen molar-refractivity contribution in [2.24, 2.45) is 0 Å². The van der Waals surface area contributed by atoms with Crippen molar-refractivity contribution in [2.45, 2.75) is 38.5 Å². The summed E-state index contributed by atoms with van der Waals surface area (Å²) in [6, 6.07) is 12.3. The van der Waals surface area contributed by atoms with E-state index in [1.165, 1.54) is 11.3 Å². The van der Waals surface area contributed by atoms with Crippen LogP contribution in [0.1, 0.15) is 40.8 Å². The highest BCUT2D eigenvalue weighted by Crippen LogP contribution is 2.41. The summed E-state index contributed by atoms with van der Waals surface area (Å²) in [6.07, 6.45) is 8.17. The molecule has 0 bridgehead atoms. The Balaban J connectivity index is 1.36. The van der Waals surface area contributed by atoms with Crippen LogP contribution in [0, 0.1) is 12.3 Å². The quantitative estimate of drug-likeness (QED) is 0.389. The minimum atomic E-state index is -0.0241. The third-order valence-corrected chi connectivity index (χ3v) is 8.42. The van der Waals surface area contributed by atoms with Crippen molar-refractivity contribution >= 4 is 43.9 Å². The number of hydrogen-bond donors (Lipinski definition) is 2. The van der Waals surface area contributed by atoms with E-state index < -0.39 is 0 Å². The number of rotatable bonds is 4. The first kappa shape index (κ1) is 23.9. The van der Waals surface area contributed by atoms with Crippen LogP contribution in [0.2, 0.25) is 0 Å². The second-order valence-electron chi connectivity index (χ2n) is 9.85. The highest BCUT2D eigenvalue weighted by molar-refractivity contribution is 7.21. The maximum absolute atomic E-state index is 12.7. The number of benzene rings is 1. The molecular formula is C29H29N5O2S. The predicted octanol–water partition coefficient (Wildman–Crippen LogP) is 4.65. The van der Waals surface area contributed by atoms with Gasteiger partial charge in [0.15, 0.2) is 0 Å². The molecule has 0 spiro atoms. The Morgan fingerprint density at radius 2 is 2.03 bits per heavy atom. The molecule has 2 aliphatic heterocycles. The van der Waals surface area contributed by atoms with E-state index in [0.29, 0.717) is 18.3 Å². The van der Waals surface area contributed by atoms with Gasteiger partial charge in [0.05, 0.1) is 28.7 Å². The molecular weight excluding hydrogens is 482 g/mol. The number of fused-ring (bicyclic) bond motifs is 5. The SMILES string of the molecule is C#Cc1cc(-c2ccc3c(ccc4sc5c(c43)NC[C@@H](C)NC5=O)n2)cc(CN2CCC(OC)CC2)n1. The van der Waals surface area contributed by atoms with Crippen LogP contribution in [0.4, 0.5) is 5.69 Å². The molecule has 0 unspecified atom stereocenters. The number of terminal acetylenes is 1. The standard InChI is InChI=1S/C29H29N5O2S/c1-4-19-13-18(14-20(32-19)16-34-11-9-21(36-3)10-12-34)23-6-5-22-24(33-23)7-8-25-26(22)27-28(37-25)29(35)31-17(2)15-30-27/h1,5-8,13-14,17,21,30H,9-12,15-16H2,2-3H3,(H,31,35)/t17-/m1/s1. The van der Waals surface area contributed by atoms with E-state index in [1.807, 2.05) is 25.1 Å². The molecule has 37 heavy (non-hydrogen) atoms.